The summed E-state index contributed by atoms with van der Waals surface area (Å²) < 4.78 is 0. The zero-order valence-electron chi connectivity index (χ0n) is 5.72. The SMILES string of the molecule is CN1CC2NCC2(N)C1. The van der Waals surface area contributed by atoms with Crippen molar-refractivity contribution >= 4 is 0 Å². The highest BCUT2D eigenvalue weighted by Crippen LogP contribution is 2.23. The topological polar surface area (TPSA) is 41.3 Å². The summed E-state index contributed by atoms with van der Waals surface area (Å²) in [6, 6.07) is 0.572. The van der Waals surface area contributed by atoms with E-state index in [1.54, 1.807) is 0 Å². The molecule has 3 nitrogen and oxygen atoms in total. The number of nitrogens with one attached hydrogen (secondary N) is 1. The zero-order valence-corrected chi connectivity index (χ0v) is 5.72. The maximum absolute atomic E-state index is 5.99. The van der Waals surface area contributed by atoms with Crippen LogP contribution in [0.4, 0.5) is 0 Å². The molecule has 2 unspecified atom stereocenters. The fourth-order valence-electron chi connectivity index (χ4n) is 1.80. The molecule has 3 N–H and O–H groups in total. The lowest BCUT2D eigenvalue weighted by Crippen LogP contribution is -2.72. The van der Waals surface area contributed by atoms with Crippen LogP contribution in [0.1, 0.15) is 0 Å². The van der Waals surface area contributed by atoms with Crippen LogP contribution in [0.2, 0.25) is 0 Å². The highest BCUT2D eigenvalue weighted by molar-refractivity contribution is 5.13. The third-order valence-electron chi connectivity index (χ3n) is 2.43. The van der Waals surface area contributed by atoms with E-state index in [0.29, 0.717) is 6.04 Å². The predicted molar refractivity (Wildman–Crippen MR) is 36.2 cm³/mol. The maximum Gasteiger partial charge on any atom is 0.0577 e. The number of likely N-dealkylation sites (tertiary alicyclic amines) is 1. The van der Waals surface area contributed by atoms with Crippen molar-refractivity contribution in [2.75, 3.05) is 26.7 Å². The van der Waals surface area contributed by atoms with Crippen molar-refractivity contribution in [2.45, 2.75) is 11.6 Å². The lowest BCUT2D eigenvalue weighted by molar-refractivity contribution is 0.238. The lowest BCUT2D eigenvalue weighted by Gasteiger charge is -2.41. The zero-order chi connectivity index (χ0) is 6.48. The Bertz CT molecular complexity index is 136. The van der Waals surface area contributed by atoms with Gasteiger partial charge in [0.25, 0.3) is 0 Å². The summed E-state index contributed by atoms with van der Waals surface area (Å²) in [4.78, 5) is 2.28. The van der Waals surface area contributed by atoms with Crippen molar-refractivity contribution in [2.24, 2.45) is 5.73 Å². The largest absolute Gasteiger partial charge is 0.322 e. The summed E-state index contributed by atoms with van der Waals surface area (Å²) in [7, 11) is 2.12. The number of rotatable bonds is 0. The molecule has 0 aromatic heterocycles. The van der Waals surface area contributed by atoms with Crippen LogP contribution in [0, 0.1) is 0 Å². The average Bonchev–Trinajstić information content (AvgIpc) is 1.94. The standard InChI is InChI=1S/C6H13N3/c1-9-2-5-6(7,4-9)3-8-5/h5,8H,2-4,7H2,1H3. The molecule has 0 aromatic carbocycles. The second-order valence-electron chi connectivity index (χ2n) is 3.36. The van der Waals surface area contributed by atoms with Crippen LogP contribution in [0.25, 0.3) is 0 Å². The summed E-state index contributed by atoms with van der Waals surface area (Å²) in [6.45, 7) is 3.18. The van der Waals surface area contributed by atoms with Crippen molar-refractivity contribution < 1.29 is 0 Å². The molecular weight excluding hydrogens is 114 g/mol. The molecule has 3 heteroatoms. The van der Waals surface area contributed by atoms with E-state index in [2.05, 4.69) is 17.3 Å². The quantitative estimate of drug-likeness (QED) is 0.420. The summed E-state index contributed by atoms with van der Waals surface area (Å²) in [5, 5.41) is 3.31. The molecular formula is C6H13N3. The van der Waals surface area contributed by atoms with Gasteiger partial charge in [-0.25, -0.2) is 0 Å². The van der Waals surface area contributed by atoms with Crippen LogP contribution in [-0.2, 0) is 0 Å². The molecule has 2 rings (SSSR count). The first-order valence-electron chi connectivity index (χ1n) is 3.41. The Morgan fingerprint density at radius 1 is 1.78 bits per heavy atom. The van der Waals surface area contributed by atoms with Crippen LogP contribution >= 0.6 is 0 Å². The molecule has 0 spiro atoms. The molecule has 0 bridgehead atoms. The van der Waals surface area contributed by atoms with E-state index >= 15 is 0 Å². The van der Waals surface area contributed by atoms with Gasteiger partial charge in [0.15, 0.2) is 0 Å². The molecule has 2 fully saturated rings. The smallest absolute Gasteiger partial charge is 0.0577 e. The third kappa shape index (κ3) is 0.625. The second-order valence-corrected chi connectivity index (χ2v) is 3.36. The van der Waals surface area contributed by atoms with E-state index in [-0.39, 0.29) is 5.54 Å². The van der Waals surface area contributed by atoms with Crippen LogP contribution in [0.15, 0.2) is 0 Å². The molecule has 0 radical (unpaired) electrons. The fraction of sp³-hybridized carbons (Fsp3) is 1.00. The Morgan fingerprint density at radius 3 is 2.78 bits per heavy atom. The first-order valence-corrected chi connectivity index (χ1v) is 3.41. The molecule has 2 heterocycles. The van der Waals surface area contributed by atoms with Gasteiger partial charge in [0.1, 0.15) is 0 Å². The third-order valence-corrected chi connectivity index (χ3v) is 2.43. The molecule has 0 aliphatic carbocycles. The number of likely N-dealkylation sites (N-methyl/N-ethyl adjacent to an activating group) is 1. The number of nitrogens with two attached hydrogens (primary N) is 1. The summed E-state index contributed by atoms with van der Waals surface area (Å²) in [6.07, 6.45) is 0. The monoisotopic (exact) mass is 127 g/mol. The predicted octanol–water partition coefficient (Wildman–Crippen LogP) is -1.40. The Balaban J connectivity index is 2.12. The van der Waals surface area contributed by atoms with E-state index in [1.807, 2.05) is 0 Å². The van der Waals surface area contributed by atoms with E-state index in [0.717, 1.165) is 19.6 Å². The van der Waals surface area contributed by atoms with Crippen molar-refractivity contribution in [3.63, 3.8) is 0 Å². The molecule has 0 aromatic rings. The first-order chi connectivity index (χ1) is 4.21. The van der Waals surface area contributed by atoms with Crippen molar-refractivity contribution in [3.05, 3.63) is 0 Å². The number of hydrogen-bond acceptors (Lipinski definition) is 3. The van der Waals surface area contributed by atoms with Gasteiger partial charge in [0.05, 0.1) is 5.54 Å². The minimum atomic E-state index is 0.120. The summed E-state index contributed by atoms with van der Waals surface area (Å²) >= 11 is 0. The second kappa shape index (κ2) is 1.48. The Labute approximate surface area is 55.2 Å². The highest BCUT2D eigenvalue weighted by Gasteiger charge is 2.48. The maximum atomic E-state index is 5.99. The number of fused-ring (bicyclic) bond motifs is 1. The van der Waals surface area contributed by atoms with Gasteiger partial charge in [-0.3, -0.25) is 0 Å². The minimum absolute atomic E-state index is 0.120. The molecule has 9 heavy (non-hydrogen) atoms. The van der Waals surface area contributed by atoms with E-state index in [1.165, 1.54) is 0 Å². The Kier molecular flexibility index (Phi) is 0.928. The molecule has 0 saturated carbocycles. The normalized spacial score (nSPS) is 50.7. The Hall–Kier alpha value is -0.120. The molecule has 2 aliphatic heterocycles. The van der Waals surface area contributed by atoms with Crippen molar-refractivity contribution in [1.82, 2.24) is 10.2 Å². The van der Waals surface area contributed by atoms with Gasteiger partial charge >= 0.3 is 0 Å². The molecule has 2 aliphatic rings. The van der Waals surface area contributed by atoms with E-state index < -0.39 is 0 Å². The molecule has 0 amide bonds. The van der Waals surface area contributed by atoms with Crippen LogP contribution in [0.5, 0.6) is 0 Å². The van der Waals surface area contributed by atoms with Gasteiger partial charge < -0.3 is 16.0 Å². The van der Waals surface area contributed by atoms with Crippen LogP contribution in [0.3, 0.4) is 0 Å². The van der Waals surface area contributed by atoms with Gasteiger partial charge in [-0.15, -0.1) is 0 Å². The van der Waals surface area contributed by atoms with Crippen molar-refractivity contribution in [3.8, 4) is 0 Å². The van der Waals surface area contributed by atoms with Crippen LogP contribution < -0.4 is 11.1 Å². The van der Waals surface area contributed by atoms with Gasteiger partial charge in [0, 0.05) is 25.7 Å². The first kappa shape index (κ1) is 5.65. The average molecular weight is 127 g/mol. The number of hydrogen-bond donors (Lipinski definition) is 2. The molecule has 52 valence electrons. The lowest BCUT2D eigenvalue weighted by atomic mass is 9.87. The summed E-state index contributed by atoms with van der Waals surface area (Å²) in [5.41, 5.74) is 6.11. The van der Waals surface area contributed by atoms with Gasteiger partial charge in [0.2, 0.25) is 0 Å². The Morgan fingerprint density at radius 2 is 2.56 bits per heavy atom. The highest BCUT2D eigenvalue weighted by atomic mass is 15.3. The molecule has 2 atom stereocenters. The van der Waals surface area contributed by atoms with Crippen LogP contribution in [-0.4, -0.2) is 43.2 Å². The van der Waals surface area contributed by atoms with Gasteiger partial charge in [-0.2, -0.15) is 0 Å². The molecule has 2 saturated heterocycles. The fourth-order valence-corrected chi connectivity index (χ4v) is 1.80. The van der Waals surface area contributed by atoms with Gasteiger partial charge in [-0.1, -0.05) is 0 Å². The van der Waals surface area contributed by atoms with E-state index in [4.69, 9.17) is 5.73 Å². The van der Waals surface area contributed by atoms with E-state index in [9.17, 15) is 0 Å². The van der Waals surface area contributed by atoms with Crippen molar-refractivity contribution in [1.29, 1.82) is 0 Å². The van der Waals surface area contributed by atoms with Gasteiger partial charge in [-0.05, 0) is 7.05 Å². The number of nitrogens with zero attached hydrogens (tertiary/aromatic N) is 1. The summed E-state index contributed by atoms with van der Waals surface area (Å²) in [5.74, 6) is 0. The minimum Gasteiger partial charge on any atom is -0.322 e.